The van der Waals surface area contributed by atoms with Gasteiger partial charge in [0.15, 0.2) is 0 Å². The van der Waals surface area contributed by atoms with Crippen LogP contribution < -0.4 is 11.3 Å². The molecule has 2 aromatic rings. The van der Waals surface area contributed by atoms with Gasteiger partial charge in [0.2, 0.25) is 0 Å². The van der Waals surface area contributed by atoms with Crippen LogP contribution in [0.15, 0.2) is 17.5 Å². The second kappa shape index (κ2) is 5.75. The first kappa shape index (κ1) is 12.0. The van der Waals surface area contributed by atoms with Crippen molar-refractivity contribution in [2.45, 2.75) is 19.4 Å². The van der Waals surface area contributed by atoms with Crippen LogP contribution in [0.2, 0.25) is 0 Å². The van der Waals surface area contributed by atoms with E-state index in [1.54, 1.807) is 22.7 Å². The van der Waals surface area contributed by atoms with Crippen LogP contribution >= 0.6 is 22.7 Å². The standard InChI is InChI=1S/C11H16N2OS2/c1-2-4-14-7-8(13-12)10-6-11-9(16-10)3-5-15-11/h3,5-6,8,13H,2,4,7,12H2,1H3. The number of nitrogens with two attached hydrogens (primary N) is 1. The van der Waals surface area contributed by atoms with Gasteiger partial charge in [-0.2, -0.15) is 0 Å². The number of rotatable bonds is 6. The van der Waals surface area contributed by atoms with E-state index in [-0.39, 0.29) is 6.04 Å². The Kier molecular flexibility index (Phi) is 4.31. The van der Waals surface area contributed by atoms with Gasteiger partial charge < -0.3 is 4.74 Å². The van der Waals surface area contributed by atoms with Gasteiger partial charge >= 0.3 is 0 Å². The number of hydrogen-bond acceptors (Lipinski definition) is 5. The number of hydrogen-bond donors (Lipinski definition) is 2. The van der Waals surface area contributed by atoms with E-state index in [1.807, 2.05) is 0 Å². The summed E-state index contributed by atoms with van der Waals surface area (Å²) in [5, 5.41) is 2.11. The van der Waals surface area contributed by atoms with Crippen LogP contribution in [0.25, 0.3) is 9.40 Å². The summed E-state index contributed by atoms with van der Waals surface area (Å²) in [6.07, 6.45) is 1.04. The van der Waals surface area contributed by atoms with E-state index in [4.69, 9.17) is 10.6 Å². The molecule has 0 saturated heterocycles. The summed E-state index contributed by atoms with van der Waals surface area (Å²) < 4.78 is 8.19. The molecule has 0 bridgehead atoms. The zero-order valence-corrected chi connectivity index (χ0v) is 10.9. The van der Waals surface area contributed by atoms with Crippen molar-refractivity contribution < 1.29 is 4.74 Å². The van der Waals surface area contributed by atoms with Gasteiger partial charge in [0.25, 0.3) is 0 Å². The van der Waals surface area contributed by atoms with E-state index in [1.165, 1.54) is 14.3 Å². The average Bonchev–Trinajstić information content (AvgIpc) is 2.84. The summed E-state index contributed by atoms with van der Waals surface area (Å²) in [5.74, 6) is 5.56. The molecule has 16 heavy (non-hydrogen) atoms. The quantitative estimate of drug-likeness (QED) is 0.474. The molecule has 2 rings (SSSR count). The second-order valence-corrected chi connectivity index (χ2v) is 5.66. The maximum atomic E-state index is 5.56. The first-order valence-corrected chi connectivity index (χ1v) is 7.05. The predicted octanol–water partition coefficient (Wildman–Crippen LogP) is 2.89. The van der Waals surface area contributed by atoms with E-state index in [0.29, 0.717) is 6.61 Å². The molecular weight excluding hydrogens is 240 g/mol. The van der Waals surface area contributed by atoms with E-state index in [9.17, 15) is 0 Å². The van der Waals surface area contributed by atoms with Crippen LogP contribution in [0.4, 0.5) is 0 Å². The Hall–Kier alpha value is -0.460. The van der Waals surface area contributed by atoms with Gasteiger partial charge in [-0.1, -0.05) is 6.92 Å². The SMILES string of the molecule is CCCOCC(NN)c1cc2sccc2s1. The van der Waals surface area contributed by atoms with Gasteiger partial charge in [0.1, 0.15) is 0 Å². The summed E-state index contributed by atoms with van der Waals surface area (Å²) in [6, 6.07) is 4.45. The summed E-state index contributed by atoms with van der Waals surface area (Å²) in [5.41, 5.74) is 2.82. The van der Waals surface area contributed by atoms with Gasteiger partial charge in [-0.05, 0) is 23.9 Å². The summed E-state index contributed by atoms with van der Waals surface area (Å²) >= 11 is 3.55. The molecule has 3 nitrogen and oxygen atoms in total. The summed E-state index contributed by atoms with van der Waals surface area (Å²) in [7, 11) is 0. The molecular formula is C11H16N2OS2. The Morgan fingerprint density at radius 1 is 1.50 bits per heavy atom. The first-order valence-electron chi connectivity index (χ1n) is 5.36. The van der Waals surface area contributed by atoms with E-state index in [0.717, 1.165) is 13.0 Å². The molecule has 5 heteroatoms. The molecule has 0 fully saturated rings. The molecule has 3 N–H and O–H groups in total. The van der Waals surface area contributed by atoms with Gasteiger partial charge in [0, 0.05) is 20.9 Å². The van der Waals surface area contributed by atoms with Crippen molar-refractivity contribution in [3.8, 4) is 0 Å². The lowest BCUT2D eigenvalue weighted by atomic mass is 10.2. The fourth-order valence-corrected chi connectivity index (χ4v) is 3.68. The molecule has 0 aliphatic heterocycles. The zero-order valence-electron chi connectivity index (χ0n) is 9.23. The van der Waals surface area contributed by atoms with Crippen LogP contribution in [0, 0.1) is 0 Å². The highest BCUT2D eigenvalue weighted by molar-refractivity contribution is 7.26. The number of fused-ring (bicyclic) bond motifs is 1. The van der Waals surface area contributed by atoms with Gasteiger partial charge in [-0.15, -0.1) is 22.7 Å². The van der Waals surface area contributed by atoms with Crippen LogP contribution in [0.5, 0.6) is 0 Å². The zero-order chi connectivity index (χ0) is 11.4. The van der Waals surface area contributed by atoms with E-state index < -0.39 is 0 Å². The Morgan fingerprint density at radius 3 is 3.06 bits per heavy atom. The lowest BCUT2D eigenvalue weighted by Gasteiger charge is -2.13. The fraction of sp³-hybridized carbons (Fsp3) is 0.455. The maximum absolute atomic E-state index is 5.56. The fourth-order valence-electron chi connectivity index (χ4n) is 1.51. The van der Waals surface area contributed by atoms with Crippen LogP contribution in [-0.2, 0) is 4.74 Å². The van der Waals surface area contributed by atoms with Gasteiger partial charge in [0.05, 0.1) is 12.6 Å². The predicted molar refractivity (Wildman–Crippen MR) is 70.9 cm³/mol. The molecule has 88 valence electrons. The normalized spacial score (nSPS) is 13.4. The first-order chi connectivity index (χ1) is 7.85. The molecule has 0 amide bonds. The monoisotopic (exact) mass is 256 g/mol. The lowest BCUT2D eigenvalue weighted by Crippen LogP contribution is -2.30. The van der Waals surface area contributed by atoms with Crippen molar-refractivity contribution in [1.29, 1.82) is 0 Å². The molecule has 0 spiro atoms. The third-order valence-corrected chi connectivity index (χ3v) is 4.54. The lowest BCUT2D eigenvalue weighted by molar-refractivity contribution is 0.113. The molecule has 0 saturated carbocycles. The van der Waals surface area contributed by atoms with E-state index in [2.05, 4.69) is 29.9 Å². The molecule has 0 radical (unpaired) electrons. The third-order valence-electron chi connectivity index (χ3n) is 2.34. The molecule has 2 heterocycles. The van der Waals surface area contributed by atoms with Crippen molar-refractivity contribution in [3.05, 3.63) is 22.4 Å². The highest BCUT2D eigenvalue weighted by Gasteiger charge is 2.13. The number of ether oxygens (including phenoxy) is 1. The number of thiophene rings is 2. The topological polar surface area (TPSA) is 47.3 Å². The van der Waals surface area contributed by atoms with Gasteiger partial charge in [-0.25, -0.2) is 5.43 Å². The third kappa shape index (κ3) is 2.61. The van der Waals surface area contributed by atoms with Crippen molar-refractivity contribution in [2.75, 3.05) is 13.2 Å². The Bertz CT molecular complexity index is 409. The minimum absolute atomic E-state index is 0.108. The molecule has 2 aromatic heterocycles. The Labute approximate surface area is 103 Å². The Balaban J connectivity index is 2.05. The molecule has 1 unspecified atom stereocenters. The molecule has 0 aliphatic carbocycles. The van der Waals surface area contributed by atoms with Gasteiger partial charge in [-0.3, -0.25) is 5.84 Å². The minimum Gasteiger partial charge on any atom is -0.379 e. The molecule has 0 aliphatic rings. The number of hydrazine groups is 1. The average molecular weight is 256 g/mol. The maximum Gasteiger partial charge on any atom is 0.0787 e. The molecule has 0 aromatic carbocycles. The smallest absolute Gasteiger partial charge is 0.0787 e. The highest BCUT2D eigenvalue weighted by Crippen LogP contribution is 2.33. The van der Waals surface area contributed by atoms with Crippen molar-refractivity contribution >= 4 is 32.1 Å². The largest absolute Gasteiger partial charge is 0.379 e. The Morgan fingerprint density at radius 2 is 2.38 bits per heavy atom. The molecule has 1 atom stereocenters. The summed E-state index contributed by atoms with van der Waals surface area (Å²) in [4.78, 5) is 1.25. The van der Waals surface area contributed by atoms with Crippen LogP contribution in [0.1, 0.15) is 24.3 Å². The summed E-state index contributed by atoms with van der Waals surface area (Å²) in [6.45, 7) is 3.53. The van der Waals surface area contributed by atoms with Crippen LogP contribution in [-0.4, -0.2) is 13.2 Å². The minimum atomic E-state index is 0.108. The van der Waals surface area contributed by atoms with Crippen molar-refractivity contribution in [1.82, 2.24) is 5.43 Å². The van der Waals surface area contributed by atoms with Crippen LogP contribution in [0.3, 0.4) is 0 Å². The van der Waals surface area contributed by atoms with E-state index >= 15 is 0 Å². The van der Waals surface area contributed by atoms with Crippen molar-refractivity contribution in [2.24, 2.45) is 5.84 Å². The van der Waals surface area contributed by atoms with Crippen molar-refractivity contribution in [3.63, 3.8) is 0 Å². The number of nitrogens with one attached hydrogen (secondary N) is 1. The highest BCUT2D eigenvalue weighted by atomic mass is 32.1. The second-order valence-electron chi connectivity index (χ2n) is 3.59.